The molecule has 0 bridgehead atoms. The lowest BCUT2D eigenvalue weighted by Crippen LogP contribution is -2.59. The minimum absolute atomic E-state index is 0.0667. The Morgan fingerprint density at radius 1 is 1.24 bits per heavy atom. The van der Waals surface area contributed by atoms with Gasteiger partial charge in [0.25, 0.3) is 0 Å². The maximum Gasteiger partial charge on any atom is 0.240 e. The van der Waals surface area contributed by atoms with Crippen LogP contribution in [-0.4, -0.2) is 75.8 Å². The van der Waals surface area contributed by atoms with Crippen LogP contribution in [0.25, 0.3) is 11.0 Å². The molecule has 0 radical (unpaired) electrons. The molecule has 0 aliphatic carbocycles. The van der Waals surface area contributed by atoms with Crippen LogP contribution >= 0.6 is 23.2 Å². The molecule has 1 aromatic heterocycles. The van der Waals surface area contributed by atoms with Crippen molar-refractivity contribution in [2.24, 2.45) is 0 Å². The molecule has 2 fully saturated rings. The molecular weight excluding hydrogens is 475 g/mol. The molecule has 2 aliphatic rings. The number of piperazine rings is 1. The van der Waals surface area contributed by atoms with Crippen LogP contribution in [0.3, 0.4) is 0 Å². The SMILES string of the molecule is CC(c1ccc(Cl)cc1Cl)n1nnc2ccc(N3CCN(C(=O)[C@H]4CCCN4)[C@H](CO)C3)cc21. The second-order valence-electron chi connectivity index (χ2n) is 9.01. The van der Waals surface area contributed by atoms with Gasteiger partial charge in [0.15, 0.2) is 0 Å². The number of anilines is 1. The van der Waals surface area contributed by atoms with Gasteiger partial charge in [0, 0.05) is 35.4 Å². The summed E-state index contributed by atoms with van der Waals surface area (Å²) < 4.78 is 1.86. The molecule has 1 amide bonds. The highest BCUT2D eigenvalue weighted by molar-refractivity contribution is 6.35. The predicted octanol–water partition coefficient (Wildman–Crippen LogP) is 3.11. The normalized spacial score (nSPS) is 21.9. The number of amides is 1. The van der Waals surface area contributed by atoms with E-state index >= 15 is 0 Å². The molecule has 0 spiro atoms. The van der Waals surface area contributed by atoms with E-state index in [-0.39, 0.29) is 30.6 Å². The highest BCUT2D eigenvalue weighted by atomic mass is 35.5. The van der Waals surface area contributed by atoms with Gasteiger partial charge in [0.1, 0.15) is 5.52 Å². The average molecular weight is 503 g/mol. The van der Waals surface area contributed by atoms with Crippen LogP contribution in [-0.2, 0) is 4.79 Å². The van der Waals surface area contributed by atoms with Gasteiger partial charge in [0.2, 0.25) is 5.91 Å². The molecule has 10 heteroatoms. The number of aromatic nitrogens is 3. The molecule has 2 aromatic carbocycles. The van der Waals surface area contributed by atoms with E-state index in [0.717, 1.165) is 41.7 Å². The van der Waals surface area contributed by atoms with Gasteiger partial charge < -0.3 is 20.2 Å². The first kappa shape index (κ1) is 23.4. The predicted molar refractivity (Wildman–Crippen MR) is 134 cm³/mol. The Bertz CT molecular complexity index is 1200. The fourth-order valence-electron chi connectivity index (χ4n) is 5.01. The zero-order chi connectivity index (χ0) is 23.8. The van der Waals surface area contributed by atoms with Crippen LogP contribution in [0.5, 0.6) is 0 Å². The van der Waals surface area contributed by atoms with Crippen LogP contribution in [0.2, 0.25) is 10.0 Å². The standard InChI is InChI=1S/C24H28Cl2N6O2/c1-15(19-6-4-16(25)11-20(19)26)32-23-12-17(5-7-21(23)28-29-32)30-9-10-31(18(13-30)14-33)24(34)22-3-2-8-27-22/h4-7,11-12,15,18,22,27,33H,2-3,8-10,13-14H2,1H3/t15?,18-,22+/m0/s1. The van der Waals surface area contributed by atoms with E-state index < -0.39 is 0 Å². The molecular formula is C24H28Cl2N6O2. The molecule has 1 unspecified atom stereocenters. The molecule has 8 nitrogen and oxygen atoms in total. The van der Waals surface area contributed by atoms with Gasteiger partial charge in [-0.25, -0.2) is 4.68 Å². The van der Waals surface area contributed by atoms with Crippen molar-refractivity contribution < 1.29 is 9.90 Å². The first-order chi connectivity index (χ1) is 16.5. The van der Waals surface area contributed by atoms with Crippen LogP contribution < -0.4 is 10.2 Å². The number of rotatable bonds is 5. The summed E-state index contributed by atoms with van der Waals surface area (Å²) >= 11 is 12.5. The quantitative estimate of drug-likeness (QED) is 0.557. The van der Waals surface area contributed by atoms with E-state index in [2.05, 4.69) is 26.6 Å². The van der Waals surface area contributed by atoms with Gasteiger partial charge in [-0.15, -0.1) is 5.10 Å². The topological polar surface area (TPSA) is 86.5 Å². The summed E-state index contributed by atoms with van der Waals surface area (Å²) in [6.07, 6.45) is 1.88. The lowest BCUT2D eigenvalue weighted by molar-refractivity contribution is -0.136. The monoisotopic (exact) mass is 502 g/mol. The van der Waals surface area contributed by atoms with Crippen molar-refractivity contribution >= 4 is 45.8 Å². The Hall–Kier alpha value is -2.39. The van der Waals surface area contributed by atoms with Crippen molar-refractivity contribution in [1.29, 1.82) is 0 Å². The Balaban J connectivity index is 1.39. The van der Waals surface area contributed by atoms with Gasteiger partial charge in [-0.05, 0) is 62.2 Å². The number of fused-ring (bicyclic) bond motifs is 1. The number of nitrogens with zero attached hydrogens (tertiary/aromatic N) is 5. The number of hydrogen-bond donors (Lipinski definition) is 2. The van der Waals surface area contributed by atoms with Gasteiger partial charge >= 0.3 is 0 Å². The van der Waals surface area contributed by atoms with Crippen molar-refractivity contribution in [3.05, 3.63) is 52.0 Å². The Morgan fingerprint density at radius 3 is 2.82 bits per heavy atom. The molecule has 2 aliphatic heterocycles. The Labute approximate surface area is 208 Å². The number of hydrogen-bond acceptors (Lipinski definition) is 6. The largest absolute Gasteiger partial charge is 0.394 e. The molecule has 3 atom stereocenters. The third kappa shape index (κ3) is 4.35. The number of halogens is 2. The van der Waals surface area contributed by atoms with Crippen LogP contribution in [0, 0.1) is 0 Å². The van der Waals surface area contributed by atoms with E-state index in [1.165, 1.54) is 0 Å². The summed E-state index contributed by atoms with van der Waals surface area (Å²) in [6, 6.07) is 11.0. The summed E-state index contributed by atoms with van der Waals surface area (Å²) in [6.45, 7) is 4.68. The third-order valence-corrected chi connectivity index (χ3v) is 7.50. The van der Waals surface area contributed by atoms with Gasteiger partial charge in [0.05, 0.1) is 30.2 Å². The van der Waals surface area contributed by atoms with Crippen molar-refractivity contribution in [1.82, 2.24) is 25.2 Å². The minimum Gasteiger partial charge on any atom is -0.394 e. The fraction of sp³-hybridized carbons (Fsp3) is 0.458. The number of carbonyl (C=O) groups is 1. The van der Waals surface area contributed by atoms with Crippen LogP contribution in [0.4, 0.5) is 5.69 Å². The molecule has 5 rings (SSSR count). The lowest BCUT2D eigenvalue weighted by atomic mass is 10.1. The van der Waals surface area contributed by atoms with Gasteiger partial charge in [-0.3, -0.25) is 4.79 Å². The summed E-state index contributed by atoms with van der Waals surface area (Å²) in [4.78, 5) is 17.0. The summed E-state index contributed by atoms with van der Waals surface area (Å²) in [5, 5.41) is 23.2. The van der Waals surface area contributed by atoms with E-state index in [0.29, 0.717) is 29.7 Å². The van der Waals surface area contributed by atoms with E-state index in [9.17, 15) is 9.90 Å². The van der Waals surface area contributed by atoms with Crippen LogP contribution in [0.15, 0.2) is 36.4 Å². The molecule has 180 valence electrons. The van der Waals surface area contributed by atoms with E-state index in [1.54, 1.807) is 6.07 Å². The van der Waals surface area contributed by atoms with E-state index in [4.69, 9.17) is 23.2 Å². The van der Waals surface area contributed by atoms with Gasteiger partial charge in [-0.2, -0.15) is 0 Å². The maximum atomic E-state index is 13.0. The Morgan fingerprint density at radius 2 is 2.09 bits per heavy atom. The summed E-state index contributed by atoms with van der Waals surface area (Å²) in [7, 11) is 0. The third-order valence-electron chi connectivity index (χ3n) is 6.93. The highest BCUT2D eigenvalue weighted by Crippen LogP contribution is 2.31. The molecule has 34 heavy (non-hydrogen) atoms. The summed E-state index contributed by atoms with van der Waals surface area (Å²) in [5.74, 6) is 0.0996. The second kappa shape index (κ2) is 9.70. The second-order valence-corrected chi connectivity index (χ2v) is 9.86. The summed E-state index contributed by atoms with van der Waals surface area (Å²) in [5.41, 5.74) is 3.61. The van der Waals surface area contributed by atoms with Gasteiger partial charge in [-0.1, -0.05) is 34.5 Å². The molecule has 2 saturated heterocycles. The van der Waals surface area contributed by atoms with Crippen molar-refractivity contribution in [3.63, 3.8) is 0 Å². The lowest BCUT2D eigenvalue weighted by Gasteiger charge is -2.42. The molecule has 0 saturated carbocycles. The zero-order valence-electron chi connectivity index (χ0n) is 19.0. The first-order valence-corrected chi connectivity index (χ1v) is 12.4. The molecule has 3 heterocycles. The first-order valence-electron chi connectivity index (χ1n) is 11.7. The van der Waals surface area contributed by atoms with Crippen LogP contribution in [0.1, 0.15) is 31.4 Å². The highest BCUT2D eigenvalue weighted by Gasteiger charge is 2.35. The van der Waals surface area contributed by atoms with Crippen molar-refractivity contribution in [3.8, 4) is 0 Å². The molecule has 2 N–H and O–H groups in total. The number of nitrogens with one attached hydrogen (secondary N) is 1. The average Bonchev–Trinajstić information content (AvgIpc) is 3.53. The maximum absolute atomic E-state index is 13.0. The number of aliphatic hydroxyl groups excluding tert-OH is 1. The zero-order valence-corrected chi connectivity index (χ0v) is 20.5. The number of benzene rings is 2. The molecule has 3 aromatic rings. The number of aliphatic hydroxyl groups is 1. The van der Waals surface area contributed by atoms with Crippen molar-refractivity contribution in [2.45, 2.75) is 37.9 Å². The fourth-order valence-corrected chi connectivity index (χ4v) is 5.58. The van der Waals surface area contributed by atoms with Crippen molar-refractivity contribution in [2.75, 3.05) is 37.7 Å². The van der Waals surface area contributed by atoms with E-state index in [1.807, 2.05) is 40.8 Å². The number of carbonyl (C=O) groups excluding carboxylic acids is 1. The minimum atomic E-state index is -0.241. The Kier molecular flexibility index (Phi) is 6.66. The smallest absolute Gasteiger partial charge is 0.240 e.